The number of fused-ring (bicyclic) bond motifs is 1. The number of hydrogen-bond acceptors (Lipinski definition) is 4. The van der Waals surface area contributed by atoms with Gasteiger partial charge >= 0.3 is 0 Å². The minimum absolute atomic E-state index is 0.00904. The van der Waals surface area contributed by atoms with E-state index in [4.69, 9.17) is 4.74 Å². The van der Waals surface area contributed by atoms with Crippen LogP contribution in [0.5, 0.6) is 5.75 Å². The van der Waals surface area contributed by atoms with Crippen molar-refractivity contribution in [2.24, 2.45) is 0 Å². The van der Waals surface area contributed by atoms with Crippen molar-refractivity contribution in [3.8, 4) is 5.75 Å². The van der Waals surface area contributed by atoms with Gasteiger partial charge in [-0.1, -0.05) is 12.1 Å². The molecule has 7 nitrogen and oxygen atoms in total. The van der Waals surface area contributed by atoms with Gasteiger partial charge in [0.2, 0.25) is 11.8 Å². The van der Waals surface area contributed by atoms with Gasteiger partial charge in [-0.15, -0.1) is 0 Å². The number of aryl methyl sites for hydroxylation is 1. The molecule has 1 saturated heterocycles. The number of ether oxygens (including phenoxy) is 1. The zero-order valence-corrected chi connectivity index (χ0v) is 18.2. The maximum Gasteiger partial charge on any atom is 0.237 e. The minimum atomic E-state index is -0.653. The second-order valence-corrected chi connectivity index (χ2v) is 8.09. The summed E-state index contributed by atoms with van der Waals surface area (Å²) >= 11 is 0. The van der Waals surface area contributed by atoms with E-state index in [1.165, 1.54) is 13.2 Å². The van der Waals surface area contributed by atoms with Crippen LogP contribution in [0.25, 0.3) is 10.9 Å². The maximum absolute atomic E-state index is 14.4. The van der Waals surface area contributed by atoms with E-state index in [1.54, 1.807) is 12.1 Å². The van der Waals surface area contributed by atoms with E-state index in [-0.39, 0.29) is 24.8 Å². The second kappa shape index (κ2) is 9.40. The lowest BCUT2D eigenvalue weighted by molar-refractivity contribution is -0.134. The lowest BCUT2D eigenvalue weighted by Gasteiger charge is -2.34. The van der Waals surface area contributed by atoms with Crippen LogP contribution in [-0.2, 0) is 22.7 Å². The van der Waals surface area contributed by atoms with Gasteiger partial charge in [-0.25, -0.2) is 4.39 Å². The number of aromatic nitrogens is 1. The van der Waals surface area contributed by atoms with Gasteiger partial charge < -0.3 is 20.4 Å². The number of rotatable bonds is 7. The monoisotopic (exact) mass is 438 g/mol. The first-order chi connectivity index (χ1) is 15.4. The van der Waals surface area contributed by atoms with Crippen LogP contribution >= 0.6 is 0 Å². The molecule has 1 unspecified atom stereocenters. The van der Waals surface area contributed by atoms with Crippen LogP contribution in [-0.4, -0.2) is 47.9 Å². The van der Waals surface area contributed by atoms with E-state index in [0.29, 0.717) is 30.9 Å². The van der Waals surface area contributed by atoms with Gasteiger partial charge in [0.05, 0.1) is 19.6 Å². The molecule has 0 bridgehead atoms. The summed E-state index contributed by atoms with van der Waals surface area (Å²) in [4.78, 5) is 30.2. The van der Waals surface area contributed by atoms with Crippen molar-refractivity contribution in [3.63, 3.8) is 0 Å². The molecule has 3 N–H and O–H groups in total. The molecule has 2 aromatic carbocycles. The summed E-state index contributed by atoms with van der Waals surface area (Å²) in [5, 5.41) is 6.80. The average Bonchev–Trinajstić information content (AvgIpc) is 3.15. The Kier molecular flexibility index (Phi) is 6.41. The first-order valence-electron chi connectivity index (χ1n) is 10.6. The van der Waals surface area contributed by atoms with Crippen LogP contribution < -0.4 is 15.4 Å². The van der Waals surface area contributed by atoms with Gasteiger partial charge in [0.1, 0.15) is 11.6 Å². The van der Waals surface area contributed by atoms with E-state index in [9.17, 15) is 14.0 Å². The SMILES string of the molecule is COc1ccc(CN2CCNC(=O)C2CC(=O)NCc2ccc3[nH]c(C)cc3c2)c(F)c1. The molecule has 32 heavy (non-hydrogen) atoms. The lowest BCUT2D eigenvalue weighted by Crippen LogP contribution is -2.56. The molecule has 2 heterocycles. The van der Waals surface area contributed by atoms with Crippen LogP contribution in [0.1, 0.15) is 23.2 Å². The number of nitrogens with one attached hydrogen (secondary N) is 3. The van der Waals surface area contributed by atoms with E-state index in [1.807, 2.05) is 30.0 Å². The molecule has 1 atom stereocenters. The van der Waals surface area contributed by atoms with E-state index >= 15 is 0 Å². The molecule has 1 fully saturated rings. The molecule has 4 rings (SSSR count). The Hall–Kier alpha value is -3.39. The third kappa shape index (κ3) is 4.91. The Balaban J connectivity index is 1.39. The number of H-pyrrole nitrogens is 1. The summed E-state index contributed by atoms with van der Waals surface area (Å²) in [5.41, 5.74) is 3.58. The fraction of sp³-hybridized carbons (Fsp3) is 0.333. The third-order valence-electron chi connectivity index (χ3n) is 5.76. The van der Waals surface area contributed by atoms with Gasteiger partial charge in [0, 0.05) is 49.0 Å². The minimum Gasteiger partial charge on any atom is -0.497 e. The van der Waals surface area contributed by atoms with Gasteiger partial charge in [-0.2, -0.15) is 0 Å². The summed E-state index contributed by atoms with van der Waals surface area (Å²) in [6.45, 7) is 3.62. The normalized spacial score (nSPS) is 16.7. The number of aromatic amines is 1. The summed E-state index contributed by atoms with van der Waals surface area (Å²) < 4.78 is 19.5. The molecule has 0 saturated carbocycles. The summed E-state index contributed by atoms with van der Waals surface area (Å²) in [7, 11) is 1.48. The molecule has 0 radical (unpaired) electrons. The van der Waals surface area contributed by atoms with Crippen LogP contribution in [0.2, 0.25) is 0 Å². The van der Waals surface area contributed by atoms with Crippen molar-refractivity contribution in [2.45, 2.75) is 32.5 Å². The summed E-state index contributed by atoms with van der Waals surface area (Å²) in [6, 6.07) is 12.1. The predicted octanol–water partition coefficient (Wildman–Crippen LogP) is 2.63. The number of piperazine rings is 1. The molecule has 168 valence electrons. The molecular weight excluding hydrogens is 411 g/mol. The third-order valence-corrected chi connectivity index (χ3v) is 5.76. The Bertz CT molecular complexity index is 1140. The molecule has 0 spiro atoms. The molecule has 8 heteroatoms. The Morgan fingerprint density at radius 2 is 2.09 bits per heavy atom. The Morgan fingerprint density at radius 1 is 1.25 bits per heavy atom. The van der Waals surface area contributed by atoms with Crippen LogP contribution in [0.15, 0.2) is 42.5 Å². The highest BCUT2D eigenvalue weighted by Crippen LogP contribution is 2.21. The van der Waals surface area contributed by atoms with E-state index < -0.39 is 11.9 Å². The second-order valence-electron chi connectivity index (χ2n) is 8.09. The van der Waals surface area contributed by atoms with Crippen molar-refractivity contribution in [2.75, 3.05) is 20.2 Å². The summed E-state index contributed by atoms with van der Waals surface area (Å²) in [6.07, 6.45) is 0.00904. The highest BCUT2D eigenvalue weighted by molar-refractivity contribution is 5.89. The number of methoxy groups -OCH3 is 1. The van der Waals surface area contributed by atoms with Gasteiger partial charge in [-0.05, 0) is 42.1 Å². The smallest absolute Gasteiger partial charge is 0.237 e. The fourth-order valence-corrected chi connectivity index (χ4v) is 4.06. The predicted molar refractivity (Wildman–Crippen MR) is 120 cm³/mol. The molecule has 2 amide bonds. The van der Waals surface area contributed by atoms with Crippen LogP contribution in [0.4, 0.5) is 4.39 Å². The standard InChI is InChI=1S/C24H27FN4O3/c1-15-9-18-10-16(3-6-21(18)28-15)13-27-23(30)12-22-24(31)26-7-8-29(22)14-17-4-5-19(32-2)11-20(17)25/h3-6,9-11,22,28H,7-8,12-14H2,1-2H3,(H,26,31)(H,27,30). The number of hydrogen-bond donors (Lipinski definition) is 3. The zero-order chi connectivity index (χ0) is 22.7. The Labute approximate surface area is 185 Å². The topological polar surface area (TPSA) is 86.5 Å². The first-order valence-corrected chi connectivity index (χ1v) is 10.6. The molecule has 0 aliphatic carbocycles. The maximum atomic E-state index is 14.4. The van der Waals surface area contributed by atoms with Crippen molar-refractivity contribution in [3.05, 3.63) is 65.1 Å². The van der Waals surface area contributed by atoms with E-state index in [2.05, 4.69) is 21.7 Å². The Morgan fingerprint density at radius 3 is 2.88 bits per heavy atom. The fourth-order valence-electron chi connectivity index (χ4n) is 4.06. The van der Waals surface area contributed by atoms with Crippen LogP contribution in [0.3, 0.4) is 0 Å². The highest BCUT2D eigenvalue weighted by atomic mass is 19.1. The average molecular weight is 439 g/mol. The zero-order valence-electron chi connectivity index (χ0n) is 18.2. The molecule has 1 aliphatic heterocycles. The van der Waals surface area contributed by atoms with E-state index in [0.717, 1.165) is 22.2 Å². The van der Waals surface area contributed by atoms with Crippen molar-refractivity contribution in [1.82, 2.24) is 20.5 Å². The van der Waals surface area contributed by atoms with Gasteiger partial charge in [0.25, 0.3) is 0 Å². The number of nitrogens with zero attached hydrogens (tertiary/aromatic N) is 1. The number of benzene rings is 2. The summed E-state index contributed by atoms with van der Waals surface area (Å²) in [5.74, 6) is -0.400. The van der Waals surface area contributed by atoms with Crippen molar-refractivity contribution in [1.29, 1.82) is 0 Å². The molecule has 1 aromatic heterocycles. The molecule has 1 aliphatic rings. The van der Waals surface area contributed by atoms with Gasteiger partial charge in [0.15, 0.2) is 0 Å². The van der Waals surface area contributed by atoms with Crippen molar-refractivity contribution >= 4 is 22.7 Å². The number of carbonyl (C=O) groups is 2. The molecule has 3 aromatic rings. The highest BCUT2D eigenvalue weighted by Gasteiger charge is 2.32. The lowest BCUT2D eigenvalue weighted by atomic mass is 10.1. The first kappa shape index (κ1) is 21.8. The number of amides is 2. The molecular formula is C24H27FN4O3. The quantitative estimate of drug-likeness (QED) is 0.529. The van der Waals surface area contributed by atoms with Crippen LogP contribution in [0, 0.1) is 12.7 Å². The van der Waals surface area contributed by atoms with Gasteiger partial charge in [-0.3, -0.25) is 14.5 Å². The number of carbonyl (C=O) groups excluding carboxylic acids is 2. The largest absolute Gasteiger partial charge is 0.497 e. The number of halogens is 1. The van der Waals surface area contributed by atoms with Crippen molar-refractivity contribution < 1.29 is 18.7 Å².